The Morgan fingerprint density at radius 3 is 3.00 bits per heavy atom. The lowest BCUT2D eigenvalue weighted by Gasteiger charge is -2.18. The van der Waals surface area contributed by atoms with E-state index < -0.39 is 0 Å². The highest BCUT2D eigenvalue weighted by atomic mass is 35.5. The van der Waals surface area contributed by atoms with E-state index in [4.69, 9.17) is 11.6 Å². The minimum absolute atomic E-state index is 0.360. The van der Waals surface area contributed by atoms with Crippen molar-refractivity contribution in [1.82, 2.24) is 4.98 Å². The van der Waals surface area contributed by atoms with Crippen molar-refractivity contribution in [2.75, 3.05) is 5.32 Å². The molecule has 2 aromatic rings. The van der Waals surface area contributed by atoms with Crippen LogP contribution in [0, 0.1) is 0 Å². The van der Waals surface area contributed by atoms with Gasteiger partial charge in [0.1, 0.15) is 5.15 Å². The molecule has 0 aliphatic carbocycles. The number of thiophene rings is 1. The smallest absolute Gasteiger partial charge is 0.131 e. The third-order valence-corrected chi connectivity index (χ3v) is 3.72. The van der Waals surface area contributed by atoms with Crippen LogP contribution in [0.2, 0.25) is 5.15 Å². The van der Waals surface area contributed by atoms with Gasteiger partial charge in [-0.2, -0.15) is 0 Å². The van der Waals surface area contributed by atoms with E-state index in [9.17, 15) is 0 Å². The van der Waals surface area contributed by atoms with Crippen molar-refractivity contribution in [2.45, 2.75) is 25.8 Å². The fourth-order valence-electron chi connectivity index (χ4n) is 1.76. The van der Waals surface area contributed by atoms with E-state index in [1.807, 2.05) is 12.1 Å². The van der Waals surface area contributed by atoms with Crippen LogP contribution in [-0.2, 0) is 0 Å². The standard InChI is InChI=1S/C13H15ClN2S/c1-2-4-11(12-5-3-8-17-12)16-10-6-7-15-13(14)9-10/h3,5-9,11H,2,4H2,1H3,(H,15,16). The Balaban J connectivity index is 2.13. The summed E-state index contributed by atoms with van der Waals surface area (Å²) in [5.41, 5.74) is 1.02. The molecule has 2 aromatic heterocycles. The number of halogens is 1. The van der Waals surface area contributed by atoms with Gasteiger partial charge >= 0.3 is 0 Å². The summed E-state index contributed by atoms with van der Waals surface area (Å²) in [6, 6.07) is 8.42. The van der Waals surface area contributed by atoms with Gasteiger partial charge in [-0.3, -0.25) is 0 Å². The van der Waals surface area contributed by atoms with Gasteiger partial charge in [0.2, 0.25) is 0 Å². The topological polar surface area (TPSA) is 24.9 Å². The highest BCUT2D eigenvalue weighted by Crippen LogP contribution is 2.27. The third-order valence-electron chi connectivity index (χ3n) is 2.53. The van der Waals surface area contributed by atoms with Crippen LogP contribution in [0.4, 0.5) is 5.69 Å². The predicted octanol–water partition coefficient (Wildman–Crippen LogP) is 4.75. The first-order chi connectivity index (χ1) is 8.29. The number of aromatic nitrogens is 1. The van der Waals surface area contributed by atoms with Gasteiger partial charge < -0.3 is 5.32 Å². The first-order valence-electron chi connectivity index (χ1n) is 5.71. The fraction of sp³-hybridized carbons (Fsp3) is 0.308. The second kappa shape index (κ2) is 6.03. The average molecular weight is 267 g/mol. The van der Waals surface area contributed by atoms with Crippen molar-refractivity contribution < 1.29 is 0 Å². The van der Waals surface area contributed by atoms with Crippen molar-refractivity contribution >= 4 is 28.6 Å². The Morgan fingerprint density at radius 1 is 1.47 bits per heavy atom. The largest absolute Gasteiger partial charge is 0.377 e. The summed E-state index contributed by atoms with van der Waals surface area (Å²) < 4.78 is 0. The molecule has 17 heavy (non-hydrogen) atoms. The summed E-state index contributed by atoms with van der Waals surface area (Å²) >= 11 is 7.67. The van der Waals surface area contributed by atoms with E-state index in [2.05, 4.69) is 34.7 Å². The Hall–Kier alpha value is -1.06. The molecule has 0 aromatic carbocycles. The quantitative estimate of drug-likeness (QED) is 0.790. The minimum Gasteiger partial charge on any atom is -0.377 e. The first-order valence-corrected chi connectivity index (χ1v) is 6.97. The zero-order chi connectivity index (χ0) is 12.1. The molecule has 0 saturated carbocycles. The Kier molecular flexibility index (Phi) is 4.40. The molecular weight excluding hydrogens is 252 g/mol. The molecule has 1 unspecified atom stereocenters. The van der Waals surface area contributed by atoms with Crippen LogP contribution in [-0.4, -0.2) is 4.98 Å². The maximum atomic E-state index is 5.88. The van der Waals surface area contributed by atoms with Crippen molar-refractivity contribution in [2.24, 2.45) is 0 Å². The van der Waals surface area contributed by atoms with Gasteiger partial charge in [0, 0.05) is 16.8 Å². The van der Waals surface area contributed by atoms with Crippen molar-refractivity contribution in [1.29, 1.82) is 0 Å². The lowest BCUT2D eigenvalue weighted by molar-refractivity contribution is 0.687. The van der Waals surface area contributed by atoms with Crippen LogP contribution in [0.25, 0.3) is 0 Å². The molecule has 2 rings (SSSR count). The number of nitrogens with zero attached hydrogens (tertiary/aromatic N) is 1. The van der Waals surface area contributed by atoms with Crippen molar-refractivity contribution in [3.63, 3.8) is 0 Å². The van der Waals surface area contributed by atoms with E-state index in [1.165, 1.54) is 4.88 Å². The van der Waals surface area contributed by atoms with Crippen LogP contribution in [0.15, 0.2) is 35.8 Å². The van der Waals surface area contributed by atoms with Crippen LogP contribution in [0.1, 0.15) is 30.7 Å². The maximum absolute atomic E-state index is 5.88. The molecular formula is C13H15ClN2S. The van der Waals surface area contributed by atoms with Crippen molar-refractivity contribution in [3.8, 4) is 0 Å². The molecule has 1 atom stereocenters. The highest BCUT2D eigenvalue weighted by molar-refractivity contribution is 7.10. The second-order valence-corrected chi connectivity index (χ2v) is 5.23. The molecule has 2 nitrogen and oxygen atoms in total. The van der Waals surface area contributed by atoms with Crippen LogP contribution >= 0.6 is 22.9 Å². The summed E-state index contributed by atoms with van der Waals surface area (Å²) in [5.74, 6) is 0. The number of hydrogen-bond acceptors (Lipinski definition) is 3. The Bertz CT molecular complexity index is 456. The van der Waals surface area contributed by atoms with Gasteiger partial charge in [0.25, 0.3) is 0 Å². The van der Waals surface area contributed by atoms with E-state index in [1.54, 1.807) is 17.5 Å². The normalized spacial score (nSPS) is 12.4. The first kappa shape index (κ1) is 12.4. The third kappa shape index (κ3) is 3.45. The van der Waals surface area contributed by atoms with Gasteiger partial charge in [-0.15, -0.1) is 11.3 Å². The molecule has 0 aliphatic rings. The summed E-state index contributed by atoms with van der Waals surface area (Å²) in [7, 11) is 0. The Labute approximate surface area is 111 Å². The highest BCUT2D eigenvalue weighted by Gasteiger charge is 2.11. The molecule has 0 amide bonds. The average Bonchev–Trinajstić information content (AvgIpc) is 2.82. The predicted molar refractivity (Wildman–Crippen MR) is 74.8 cm³/mol. The van der Waals surface area contributed by atoms with Gasteiger partial charge in [0.05, 0.1) is 6.04 Å². The Morgan fingerprint density at radius 2 is 2.35 bits per heavy atom. The van der Waals surface area contributed by atoms with Gasteiger partial charge in [-0.1, -0.05) is 31.0 Å². The zero-order valence-corrected chi connectivity index (χ0v) is 11.3. The van der Waals surface area contributed by atoms with E-state index in [0.29, 0.717) is 11.2 Å². The van der Waals surface area contributed by atoms with Gasteiger partial charge in [0.15, 0.2) is 0 Å². The monoisotopic (exact) mass is 266 g/mol. The molecule has 4 heteroatoms. The number of pyridine rings is 1. The van der Waals surface area contributed by atoms with Crippen molar-refractivity contribution in [3.05, 3.63) is 45.9 Å². The van der Waals surface area contributed by atoms with E-state index in [-0.39, 0.29) is 0 Å². The van der Waals surface area contributed by atoms with E-state index in [0.717, 1.165) is 18.5 Å². The number of rotatable bonds is 5. The number of hydrogen-bond donors (Lipinski definition) is 1. The SMILES string of the molecule is CCCC(Nc1ccnc(Cl)c1)c1cccs1. The van der Waals surface area contributed by atoms with Crippen LogP contribution < -0.4 is 5.32 Å². The maximum Gasteiger partial charge on any atom is 0.131 e. The fourth-order valence-corrected chi connectivity index (χ4v) is 2.74. The summed E-state index contributed by atoms with van der Waals surface area (Å²) in [6.45, 7) is 2.20. The van der Waals surface area contributed by atoms with E-state index >= 15 is 0 Å². The van der Waals surface area contributed by atoms with Gasteiger partial charge in [-0.25, -0.2) is 4.98 Å². The molecule has 0 saturated heterocycles. The summed E-state index contributed by atoms with van der Waals surface area (Å²) in [5, 5.41) is 6.14. The number of nitrogens with one attached hydrogen (secondary N) is 1. The molecule has 0 radical (unpaired) electrons. The zero-order valence-electron chi connectivity index (χ0n) is 9.69. The van der Waals surface area contributed by atoms with Crippen LogP contribution in [0.3, 0.4) is 0 Å². The molecule has 90 valence electrons. The summed E-state index contributed by atoms with van der Waals surface area (Å²) in [6.07, 6.45) is 3.98. The molecule has 1 N–H and O–H groups in total. The summed E-state index contributed by atoms with van der Waals surface area (Å²) in [4.78, 5) is 5.34. The molecule has 0 bridgehead atoms. The van der Waals surface area contributed by atoms with Crippen LogP contribution in [0.5, 0.6) is 0 Å². The molecule has 0 spiro atoms. The lowest BCUT2D eigenvalue weighted by Crippen LogP contribution is -2.09. The number of anilines is 1. The lowest BCUT2D eigenvalue weighted by atomic mass is 10.1. The second-order valence-electron chi connectivity index (χ2n) is 3.87. The molecule has 0 aliphatic heterocycles. The molecule has 0 fully saturated rings. The van der Waals surface area contributed by atoms with Gasteiger partial charge in [-0.05, 0) is 30.0 Å². The minimum atomic E-state index is 0.360. The molecule has 2 heterocycles.